The largest absolute Gasteiger partial charge is 0.491 e. The molecule has 202 valence electrons. The molecule has 0 aliphatic rings. The summed E-state index contributed by atoms with van der Waals surface area (Å²) in [5.41, 5.74) is 6.98. The quantitative estimate of drug-likeness (QED) is 0.184. The third-order valence-corrected chi connectivity index (χ3v) is 9.67. The average molecular weight is 582 g/mol. The molecule has 0 saturated heterocycles. The Labute approximate surface area is 247 Å². The number of aromatic amines is 1. The number of hydrogen-bond donors (Lipinski definition) is 1. The van der Waals surface area contributed by atoms with Crippen molar-refractivity contribution in [1.82, 2.24) is 4.98 Å². The molecule has 6 rings (SSSR count). The molecule has 0 spiro atoms. The van der Waals surface area contributed by atoms with Crippen molar-refractivity contribution in [2.24, 2.45) is 0 Å². The lowest BCUT2D eigenvalue weighted by Gasteiger charge is -2.13. The summed E-state index contributed by atoms with van der Waals surface area (Å²) in [6, 6.07) is 32.2. The molecular weight excluding hydrogens is 551 g/mol. The summed E-state index contributed by atoms with van der Waals surface area (Å²) in [6.07, 6.45) is 0.276. The molecule has 0 amide bonds. The van der Waals surface area contributed by atoms with Gasteiger partial charge in [-0.15, -0.1) is 22.7 Å². The minimum Gasteiger partial charge on any atom is -0.491 e. The normalized spacial score (nSPS) is 11.6. The molecule has 1 N–H and O–H groups in total. The van der Waals surface area contributed by atoms with E-state index in [0.29, 0.717) is 0 Å². The molecule has 6 heteroatoms. The van der Waals surface area contributed by atoms with Crippen molar-refractivity contribution in [3.8, 4) is 44.3 Å². The Morgan fingerprint density at radius 3 is 1.98 bits per heavy atom. The maximum Gasteiger partial charge on any atom is 0.119 e. The van der Waals surface area contributed by atoms with Crippen LogP contribution in [0.3, 0.4) is 0 Å². The molecule has 3 nitrogen and oxygen atoms in total. The Morgan fingerprint density at radius 1 is 0.675 bits per heavy atom. The van der Waals surface area contributed by atoms with Crippen molar-refractivity contribution in [1.29, 1.82) is 0 Å². The van der Waals surface area contributed by atoms with Crippen molar-refractivity contribution in [3.63, 3.8) is 0 Å². The Balaban J connectivity index is 1.49. The second kappa shape index (κ2) is 11.6. The predicted molar refractivity (Wildman–Crippen MR) is 172 cm³/mol. The first-order valence-electron chi connectivity index (χ1n) is 13.4. The lowest BCUT2D eigenvalue weighted by molar-refractivity contribution is 0.242. The standard InChI is InChI=1S/C34H31NO2S3/c1-21(2)36-25-14-10-23(11-15-25)27-7-5-8-28-33(27)32(24-12-16-26(17-13-24)37-22(3)4)34(35-28)29-18-19-31(39-29)40-30-9-6-20-38-30/h5-22,35H,1-4H3. The number of thiophene rings is 2. The van der Waals surface area contributed by atoms with Crippen molar-refractivity contribution >= 4 is 45.3 Å². The van der Waals surface area contributed by atoms with E-state index in [4.69, 9.17) is 9.47 Å². The lowest BCUT2D eigenvalue weighted by Crippen LogP contribution is -2.05. The van der Waals surface area contributed by atoms with Gasteiger partial charge in [-0.3, -0.25) is 0 Å². The molecule has 40 heavy (non-hydrogen) atoms. The van der Waals surface area contributed by atoms with Crippen LogP contribution >= 0.6 is 34.4 Å². The lowest BCUT2D eigenvalue weighted by atomic mass is 9.94. The number of hydrogen-bond acceptors (Lipinski definition) is 5. The van der Waals surface area contributed by atoms with Gasteiger partial charge >= 0.3 is 0 Å². The van der Waals surface area contributed by atoms with E-state index in [1.54, 1.807) is 11.3 Å². The summed E-state index contributed by atoms with van der Waals surface area (Å²) in [5.74, 6) is 1.77. The molecular formula is C34H31NO2S3. The van der Waals surface area contributed by atoms with Gasteiger partial charge in [-0.25, -0.2) is 0 Å². The Morgan fingerprint density at radius 2 is 1.35 bits per heavy atom. The van der Waals surface area contributed by atoms with Gasteiger partial charge in [0, 0.05) is 16.5 Å². The maximum absolute atomic E-state index is 5.95. The van der Waals surface area contributed by atoms with Crippen LogP contribution < -0.4 is 9.47 Å². The third kappa shape index (κ3) is 5.71. The van der Waals surface area contributed by atoms with E-state index < -0.39 is 0 Å². The van der Waals surface area contributed by atoms with Crippen LogP contribution in [0.15, 0.2) is 105 Å². The first-order valence-corrected chi connectivity index (χ1v) is 16.0. The van der Waals surface area contributed by atoms with Crippen LogP contribution in [-0.2, 0) is 0 Å². The Bertz CT molecular complexity index is 1710. The summed E-state index contributed by atoms with van der Waals surface area (Å²) < 4.78 is 14.4. The van der Waals surface area contributed by atoms with Gasteiger partial charge in [0.05, 0.1) is 31.2 Å². The van der Waals surface area contributed by atoms with Crippen LogP contribution in [0.25, 0.3) is 43.7 Å². The molecule has 0 radical (unpaired) electrons. The molecule has 3 aromatic heterocycles. The Hall–Kier alpha value is -3.45. The highest BCUT2D eigenvalue weighted by atomic mass is 32.2. The van der Waals surface area contributed by atoms with Gasteiger partial charge in [-0.2, -0.15) is 0 Å². The van der Waals surface area contributed by atoms with Gasteiger partial charge in [-0.05, 0) is 98.3 Å². The van der Waals surface area contributed by atoms with Crippen molar-refractivity contribution in [2.75, 3.05) is 0 Å². The predicted octanol–water partition coefficient (Wildman–Crippen LogP) is 11.0. The number of aromatic nitrogens is 1. The summed E-state index contributed by atoms with van der Waals surface area (Å²) in [5, 5.41) is 3.34. The van der Waals surface area contributed by atoms with Gasteiger partial charge < -0.3 is 14.5 Å². The van der Waals surface area contributed by atoms with Crippen LogP contribution in [-0.4, -0.2) is 17.2 Å². The van der Waals surface area contributed by atoms with Crippen LogP contribution in [0.1, 0.15) is 27.7 Å². The van der Waals surface area contributed by atoms with E-state index in [-0.39, 0.29) is 12.2 Å². The van der Waals surface area contributed by atoms with Crippen LogP contribution in [0.2, 0.25) is 0 Å². The fourth-order valence-electron chi connectivity index (χ4n) is 4.85. The van der Waals surface area contributed by atoms with E-state index >= 15 is 0 Å². The topological polar surface area (TPSA) is 34.2 Å². The molecule has 0 aliphatic carbocycles. The van der Waals surface area contributed by atoms with E-state index in [9.17, 15) is 0 Å². The van der Waals surface area contributed by atoms with Gasteiger partial charge in [0.1, 0.15) is 11.5 Å². The minimum absolute atomic E-state index is 0.133. The molecule has 3 aromatic carbocycles. The zero-order valence-corrected chi connectivity index (χ0v) is 25.4. The number of rotatable bonds is 9. The molecule has 3 heterocycles. The number of ether oxygens (including phenoxy) is 2. The highest BCUT2D eigenvalue weighted by Gasteiger charge is 2.20. The molecule has 0 fully saturated rings. The smallest absolute Gasteiger partial charge is 0.119 e. The number of benzene rings is 3. The molecule has 0 atom stereocenters. The SMILES string of the molecule is CC(C)Oc1ccc(-c2cccc3[nH]c(-c4ccc(Sc5cccs5)s4)c(-c4ccc(OC(C)C)cc4)c23)cc1. The van der Waals surface area contributed by atoms with Crippen LogP contribution in [0.5, 0.6) is 11.5 Å². The second-order valence-electron chi connectivity index (χ2n) is 10.1. The van der Waals surface area contributed by atoms with E-state index in [1.165, 1.54) is 29.8 Å². The number of fused-ring (bicyclic) bond motifs is 1. The zero-order chi connectivity index (χ0) is 27.6. The van der Waals surface area contributed by atoms with E-state index in [2.05, 4.69) is 129 Å². The molecule has 0 bridgehead atoms. The van der Waals surface area contributed by atoms with E-state index in [1.807, 2.05) is 23.1 Å². The molecule has 0 aliphatic heterocycles. The maximum atomic E-state index is 5.95. The summed E-state index contributed by atoms with van der Waals surface area (Å²) in [4.78, 5) is 5.02. The minimum atomic E-state index is 0.133. The molecule has 0 unspecified atom stereocenters. The van der Waals surface area contributed by atoms with Crippen LogP contribution in [0.4, 0.5) is 0 Å². The van der Waals surface area contributed by atoms with Crippen molar-refractivity contribution < 1.29 is 9.47 Å². The number of nitrogens with one attached hydrogen (secondary N) is 1. The second-order valence-corrected chi connectivity index (χ2v) is 13.8. The summed E-state index contributed by atoms with van der Waals surface area (Å²) in [7, 11) is 0. The van der Waals surface area contributed by atoms with Crippen LogP contribution in [0, 0.1) is 0 Å². The van der Waals surface area contributed by atoms with Crippen molar-refractivity contribution in [3.05, 3.63) is 96.4 Å². The summed E-state index contributed by atoms with van der Waals surface area (Å²) in [6.45, 7) is 8.21. The average Bonchev–Trinajstić information content (AvgIpc) is 3.69. The van der Waals surface area contributed by atoms with Gasteiger partial charge in [0.2, 0.25) is 0 Å². The fraction of sp³-hybridized carbons (Fsp3) is 0.176. The third-order valence-electron chi connectivity index (χ3n) is 6.40. The highest BCUT2D eigenvalue weighted by Crippen LogP contribution is 2.46. The van der Waals surface area contributed by atoms with Gasteiger partial charge in [0.15, 0.2) is 0 Å². The first kappa shape index (κ1) is 26.8. The van der Waals surface area contributed by atoms with Gasteiger partial charge in [-0.1, -0.05) is 54.2 Å². The number of H-pyrrole nitrogens is 1. The molecule has 0 saturated carbocycles. The van der Waals surface area contributed by atoms with Crippen molar-refractivity contribution in [2.45, 2.75) is 48.3 Å². The Kier molecular flexibility index (Phi) is 7.74. The molecule has 6 aromatic rings. The van der Waals surface area contributed by atoms with Gasteiger partial charge in [0.25, 0.3) is 0 Å². The van der Waals surface area contributed by atoms with E-state index in [0.717, 1.165) is 33.8 Å². The zero-order valence-electron chi connectivity index (χ0n) is 22.9. The first-order chi connectivity index (χ1) is 19.4. The monoisotopic (exact) mass is 581 g/mol. The summed E-state index contributed by atoms with van der Waals surface area (Å²) >= 11 is 5.43. The fourth-order valence-corrected chi connectivity index (χ4v) is 8.02. The highest BCUT2D eigenvalue weighted by molar-refractivity contribution is 8.02.